The van der Waals surface area contributed by atoms with E-state index in [0.717, 1.165) is 109 Å². The van der Waals surface area contributed by atoms with Crippen LogP contribution >= 0.6 is 22.6 Å². The third kappa shape index (κ3) is 5.15. The van der Waals surface area contributed by atoms with E-state index >= 15 is 0 Å². The molecule has 0 N–H and O–H groups in total. The van der Waals surface area contributed by atoms with Gasteiger partial charge in [-0.1, -0.05) is 140 Å². The molecule has 0 spiro atoms. The Labute approximate surface area is 346 Å². The number of hydrogen-bond donors (Lipinski definition) is 0. The predicted octanol–water partition coefficient (Wildman–Crippen LogP) is 14.6. The van der Waals surface area contributed by atoms with E-state index in [0.29, 0.717) is 5.82 Å². The number of benzene rings is 8. The van der Waals surface area contributed by atoms with Gasteiger partial charge in [-0.15, -0.1) is 0 Å². The van der Waals surface area contributed by atoms with Crippen molar-refractivity contribution in [2.24, 2.45) is 0 Å². The first kappa shape index (κ1) is 33.1. The number of hydrogen-bond acceptors (Lipinski definition) is 4. The average Bonchev–Trinajstić information content (AvgIpc) is 3.95. The lowest BCUT2D eigenvalue weighted by Gasteiger charge is -2.16. The van der Waals surface area contributed by atoms with Gasteiger partial charge < -0.3 is 8.83 Å². The van der Waals surface area contributed by atoms with Gasteiger partial charge in [0.2, 0.25) is 0 Å². The maximum atomic E-state index is 6.59. The largest absolute Gasteiger partial charge is 0.456 e. The summed E-state index contributed by atoms with van der Waals surface area (Å²) in [6.45, 7) is 0. The fraction of sp³-hybridized carbons (Fsp3) is 0. The molecule has 0 fully saturated rings. The number of halogens is 1. The smallest absolute Gasteiger partial charge is 0.162 e. The minimum Gasteiger partial charge on any atom is -0.456 e. The molecule has 4 heterocycles. The van der Waals surface area contributed by atoms with Crippen molar-refractivity contribution in [1.29, 1.82) is 0 Å². The number of para-hydroxylation sites is 3. The number of nitrogens with zero attached hydrogens (tertiary/aromatic N) is 3. The predicted molar refractivity (Wildman–Crippen MR) is 245 cm³/mol. The molecular weight excluding hydrogens is 825 g/mol. The van der Waals surface area contributed by atoms with E-state index < -0.39 is 0 Å². The normalized spacial score (nSPS) is 11.9. The van der Waals surface area contributed by atoms with E-state index in [1.807, 2.05) is 36.4 Å². The Balaban J connectivity index is 1.16. The molecule has 0 unspecified atom stereocenters. The summed E-state index contributed by atoms with van der Waals surface area (Å²) in [5.74, 6) is 1.41. The van der Waals surface area contributed by atoms with Gasteiger partial charge in [-0.2, -0.15) is 0 Å². The molecule has 4 aromatic heterocycles. The summed E-state index contributed by atoms with van der Waals surface area (Å²) in [5.41, 5.74) is 12.7. The van der Waals surface area contributed by atoms with Crippen LogP contribution in [0.4, 0.5) is 0 Å². The zero-order chi connectivity index (χ0) is 38.3. The first-order chi connectivity index (χ1) is 28.7. The van der Waals surface area contributed by atoms with Gasteiger partial charge in [0.25, 0.3) is 0 Å². The zero-order valence-corrected chi connectivity index (χ0v) is 33.0. The lowest BCUT2D eigenvalue weighted by molar-refractivity contribution is 0.669. The SMILES string of the molecule is Ic1c(-c2ccc(-c3ccccc3)cc2)nc(-c2cc(-c3ccccc3)c3c(c2)oc2ccccc23)nc1-n1c2ccccc2c2cc3oc4ccccc4c3cc21. The Bertz CT molecular complexity index is 3570. The van der Waals surface area contributed by atoms with Crippen LogP contribution in [-0.2, 0) is 0 Å². The van der Waals surface area contributed by atoms with Crippen molar-refractivity contribution in [3.8, 4) is 50.7 Å². The van der Waals surface area contributed by atoms with Gasteiger partial charge in [-0.3, -0.25) is 4.57 Å². The van der Waals surface area contributed by atoms with Gasteiger partial charge in [-0.25, -0.2) is 9.97 Å². The molecule has 272 valence electrons. The van der Waals surface area contributed by atoms with Crippen molar-refractivity contribution in [3.05, 3.63) is 186 Å². The summed E-state index contributed by atoms with van der Waals surface area (Å²) in [5, 5.41) is 6.53. The number of fused-ring (bicyclic) bond motifs is 9. The summed E-state index contributed by atoms with van der Waals surface area (Å²) in [6.07, 6.45) is 0. The van der Waals surface area contributed by atoms with Crippen LogP contribution in [0.1, 0.15) is 0 Å². The minimum absolute atomic E-state index is 0.609. The average molecular weight is 856 g/mol. The van der Waals surface area contributed by atoms with Crippen LogP contribution < -0.4 is 0 Å². The highest BCUT2D eigenvalue weighted by Crippen LogP contribution is 2.43. The highest BCUT2D eigenvalue weighted by molar-refractivity contribution is 14.1. The first-order valence-electron chi connectivity index (χ1n) is 19.3. The van der Waals surface area contributed by atoms with Crippen LogP contribution in [0.15, 0.2) is 191 Å². The molecule has 0 saturated heterocycles. The molecule has 12 rings (SSSR count). The zero-order valence-electron chi connectivity index (χ0n) is 30.9. The van der Waals surface area contributed by atoms with E-state index in [2.05, 4.69) is 173 Å². The highest BCUT2D eigenvalue weighted by atomic mass is 127. The van der Waals surface area contributed by atoms with Crippen molar-refractivity contribution in [2.75, 3.05) is 0 Å². The van der Waals surface area contributed by atoms with E-state index in [1.165, 1.54) is 5.56 Å². The molecule has 58 heavy (non-hydrogen) atoms. The molecule has 0 aliphatic carbocycles. The Kier molecular flexibility index (Phi) is 7.43. The van der Waals surface area contributed by atoms with Crippen LogP contribution in [0.5, 0.6) is 0 Å². The number of rotatable bonds is 5. The number of furan rings is 2. The van der Waals surface area contributed by atoms with Gasteiger partial charge in [0.15, 0.2) is 11.6 Å². The van der Waals surface area contributed by atoms with E-state index in [9.17, 15) is 0 Å². The molecule has 0 atom stereocenters. The second kappa shape index (κ2) is 13.0. The second-order valence-corrected chi connectivity index (χ2v) is 15.7. The monoisotopic (exact) mass is 855 g/mol. The topological polar surface area (TPSA) is 57.0 Å². The highest BCUT2D eigenvalue weighted by Gasteiger charge is 2.24. The third-order valence-corrected chi connectivity index (χ3v) is 12.3. The fourth-order valence-corrected chi connectivity index (χ4v) is 9.39. The standard InChI is InChI=1S/C52H30IN3O2/c53-49-50(34-25-23-32(24-26-34)31-13-3-1-4-14-31)54-51(35-27-39(33-15-5-2-6-16-33)48-38-19-9-12-22-45(38)58-47(48)28-35)55-52(49)56-42-20-10-7-17-36(42)40-30-46-41(29-43(40)56)37-18-8-11-21-44(37)57-46/h1-30H. The lowest BCUT2D eigenvalue weighted by atomic mass is 9.96. The molecule has 5 nitrogen and oxygen atoms in total. The minimum atomic E-state index is 0.609. The molecule has 8 aromatic carbocycles. The van der Waals surface area contributed by atoms with E-state index in [1.54, 1.807) is 0 Å². The molecular formula is C52H30IN3O2. The molecule has 0 aliphatic rings. The molecule has 0 radical (unpaired) electrons. The molecule has 12 aromatic rings. The Morgan fingerprint density at radius 3 is 1.78 bits per heavy atom. The second-order valence-electron chi connectivity index (χ2n) is 14.7. The van der Waals surface area contributed by atoms with Gasteiger partial charge >= 0.3 is 0 Å². The van der Waals surface area contributed by atoms with Crippen LogP contribution in [0.25, 0.3) is 116 Å². The molecule has 0 aliphatic heterocycles. The van der Waals surface area contributed by atoms with E-state index in [-0.39, 0.29) is 0 Å². The molecule has 6 heteroatoms. The van der Waals surface area contributed by atoms with Gasteiger partial charge in [0, 0.05) is 43.4 Å². The maximum Gasteiger partial charge on any atom is 0.162 e. The van der Waals surface area contributed by atoms with Crippen LogP contribution in [0.2, 0.25) is 0 Å². The summed E-state index contributed by atoms with van der Waals surface area (Å²) in [7, 11) is 0. The van der Waals surface area contributed by atoms with Crippen molar-refractivity contribution in [3.63, 3.8) is 0 Å². The molecule has 0 saturated carbocycles. The molecule has 0 amide bonds. The number of aromatic nitrogens is 3. The summed E-state index contributed by atoms with van der Waals surface area (Å²) in [6, 6.07) is 63.5. The van der Waals surface area contributed by atoms with Crippen LogP contribution in [0, 0.1) is 3.57 Å². The quantitative estimate of drug-likeness (QED) is 0.162. The maximum absolute atomic E-state index is 6.59. The van der Waals surface area contributed by atoms with Gasteiger partial charge in [0.1, 0.15) is 22.3 Å². The summed E-state index contributed by atoms with van der Waals surface area (Å²) in [4.78, 5) is 11.0. The van der Waals surface area contributed by atoms with Crippen molar-refractivity contribution >= 4 is 88.3 Å². The van der Waals surface area contributed by atoms with Crippen LogP contribution in [0.3, 0.4) is 0 Å². The fourth-order valence-electron chi connectivity index (χ4n) is 8.60. The third-order valence-electron chi connectivity index (χ3n) is 11.3. The Hall–Kier alpha value is -7.03. The first-order valence-corrected chi connectivity index (χ1v) is 20.3. The van der Waals surface area contributed by atoms with Crippen LogP contribution in [-0.4, -0.2) is 14.5 Å². The van der Waals surface area contributed by atoms with Crippen molar-refractivity contribution < 1.29 is 8.83 Å². The molecule has 0 bridgehead atoms. The Morgan fingerprint density at radius 1 is 0.397 bits per heavy atom. The van der Waals surface area contributed by atoms with Crippen molar-refractivity contribution in [1.82, 2.24) is 14.5 Å². The Morgan fingerprint density at radius 2 is 1.00 bits per heavy atom. The van der Waals surface area contributed by atoms with Crippen molar-refractivity contribution in [2.45, 2.75) is 0 Å². The summed E-state index contributed by atoms with van der Waals surface area (Å²) < 4.78 is 16.2. The van der Waals surface area contributed by atoms with E-state index in [4.69, 9.17) is 18.8 Å². The summed E-state index contributed by atoms with van der Waals surface area (Å²) >= 11 is 2.45. The van der Waals surface area contributed by atoms with Gasteiger partial charge in [-0.05, 0) is 87.3 Å². The van der Waals surface area contributed by atoms with Gasteiger partial charge in [0.05, 0.1) is 20.3 Å². The lowest BCUT2D eigenvalue weighted by Crippen LogP contribution is -2.06.